The molecule has 0 amide bonds. The Morgan fingerprint density at radius 2 is 2.19 bits per heavy atom. The molecule has 2 N–H and O–H groups in total. The van der Waals surface area contributed by atoms with Gasteiger partial charge in [0, 0.05) is 17.4 Å². The van der Waals surface area contributed by atoms with Gasteiger partial charge in [-0.2, -0.15) is 0 Å². The number of thiazole rings is 1. The average Bonchev–Trinajstić information content (AvgIpc) is 3.31. The summed E-state index contributed by atoms with van der Waals surface area (Å²) in [4.78, 5) is 43.4. The summed E-state index contributed by atoms with van der Waals surface area (Å²) in [6.07, 6.45) is 3.63. The standard InChI is InChI=1S/C20H19N5O4S2/c1-3-29-25(27)10-4-5-11-15(6-10)30-19-17(11)18(21-9-22-19)23-12-8-16-13(7-14(12)28-2)24-20(26)31-16/h7-10H,3-6H2,1-2H3,(H-,21,22,23,24,26)/p+1. The number of hydrogen-bond acceptors (Lipinski definition) is 9. The number of anilines is 2. The monoisotopic (exact) mass is 458 g/mol. The van der Waals surface area contributed by atoms with Crippen molar-refractivity contribution in [1.29, 1.82) is 0 Å². The van der Waals surface area contributed by atoms with Crippen LogP contribution in [0.2, 0.25) is 0 Å². The lowest BCUT2D eigenvalue weighted by Crippen LogP contribution is -2.30. The van der Waals surface area contributed by atoms with Crippen LogP contribution in [0.15, 0.2) is 23.3 Å². The van der Waals surface area contributed by atoms with Gasteiger partial charge >= 0.3 is 4.87 Å². The van der Waals surface area contributed by atoms with E-state index in [1.807, 2.05) is 13.0 Å². The van der Waals surface area contributed by atoms with Crippen molar-refractivity contribution in [3.63, 3.8) is 0 Å². The van der Waals surface area contributed by atoms with Gasteiger partial charge in [-0.15, -0.1) is 11.3 Å². The molecular weight excluding hydrogens is 438 g/mol. The van der Waals surface area contributed by atoms with Crippen LogP contribution in [0.3, 0.4) is 0 Å². The number of thiophene rings is 1. The van der Waals surface area contributed by atoms with E-state index in [-0.39, 0.29) is 10.9 Å². The van der Waals surface area contributed by atoms with Crippen molar-refractivity contribution in [1.82, 2.24) is 15.0 Å². The number of methoxy groups -OCH3 is 1. The minimum Gasteiger partial charge on any atom is -0.494 e. The Hall–Kier alpha value is -3.05. The molecule has 0 fully saturated rings. The molecule has 3 heterocycles. The molecule has 1 atom stereocenters. The van der Waals surface area contributed by atoms with Crippen LogP contribution >= 0.6 is 22.7 Å². The topological polar surface area (TPSA) is 109 Å². The van der Waals surface area contributed by atoms with Gasteiger partial charge in [-0.05, 0) is 25.0 Å². The third-order valence-electron chi connectivity index (χ3n) is 5.37. The van der Waals surface area contributed by atoms with Gasteiger partial charge in [0.1, 0.15) is 22.7 Å². The lowest BCUT2D eigenvalue weighted by molar-refractivity contribution is -0.826. The number of rotatable bonds is 6. The van der Waals surface area contributed by atoms with E-state index in [1.54, 1.807) is 24.5 Å². The van der Waals surface area contributed by atoms with Gasteiger partial charge in [0.15, 0.2) is 6.61 Å². The van der Waals surface area contributed by atoms with Crippen molar-refractivity contribution >= 4 is 54.6 Å². The fourth-order valence-electron chi connectivity index (χ4n) is 3.97. The average molecular weight is 459 g/mol. The summed E-state index contributed by atoms with van der Waals surface area (Å²) < 4.78 is 6.36. The molecule has 1 aromatic carbocycles. The minimum atomic E-state index is -0.191. The first-order valence-corrected chi connectivity index (χ1v) is 11.5. The highest BCUT2D eigenvalue weighted by atomic mass is 32.1. The number of nitrogens with zero attached hydrogens (tertiary/aromatic N) is 3. The number of fused-ring (bicyclic) bond motifs is 4. The molecule has 160 valence electrons. The summed E-state index contributed by atoms with van der Waals surface area (Å²) in [6.45, 7) is 2.17. The number of ether oxygens (including phenoxy) is 1. The van der Waals surface area contributed by atoms with Crippen molar-refractivity contribution in [2.75, 3.05) is 19.0 Å². The van der Waals surface area contributed by atoms with E-state index in [9.17, 15) is 9.70 Å². The smallest absolute Gasteiger partial charge is 0.305 e. The van der Waals surface area contributed by atoms with Crippen LogP contribution in [0, 0.1) is 4.91 Å². The third-order valence-corrected chi connectivity index (χ3v) is 7.38. The van der Waals surface area contributed by atoms with Crippen LogP contribution in [0.1, 0.15) is 23.8 Å². The summed E-state index contributed by atoms with van der Waals surface area (Å²) in [7, 11) is 1.59. The van der Waals surface area contributed by atoms with Crippen LogP contribution in [0.25, 0.3) is 20.4 Å². The van der Waals surface area contributed by atoms with E-state index < -0.39 is 0 Å². The van der Waals surface area contributed by atoms with Gasteiger partial charge in [0.05, 0.1) is 39.7 Å². The summed E-state index contributed by atoms with van der Waals surface area (Å²) in [5.74, 6) is 1.29. The normalized spacial score (nSPS) is 15.7. The Morgan fingerprint density at radius 1 is 1.32 bits per heavy atom. The number of aryl methyl sites for hydroxylation is 1. The van der Waals surface area contributed by atoms with Crippen LogP contribution < -0.4 is 14.9 Å². The molecule has 0 aliphatic heterocycles. The molecule has 1 aliphatic rings. The summed E-state index contributed by atoms with van der Waals surface area (Å²) in [5.41, 5.74) is 2.64. The molecule has 9 nitrogen and oxygen atoms in total. The molecule has 11 heteroatoms. The molecule has 0 bridgehead atoms. The second-order valence-corrected chi connectivity index (χ2v) is 9.29. The lowest BCUT2D eigenvalue weighted by Gasteiger charge is -2.16. The maximum Gasteiger partial charge on any atom is 0.305 e. The molecule has 0 saturated heterocycles. The number of benzene rings is 1. The quantitative estimate of drug-likeness (QED) is 0.421. The summed E-state index contributed by atoms with van der Waals surface area (Å²) in [6, 6.07) is 3.50. The Balaban J connectivity index is 1.54. The Bertz CT molecular complexity index is 1360. The predicted octanol–water partition coefficient (Wildman–Crippen LogP) is 3.93. The molecule has 0 saturated carbocycles. The van der Waals surface area contributed by atoms with Crippen LogP contribution in [-0.4, -0.2) is 39.6 Å². The van der Waals surface area contributed by atoms with Gasteiger partial charge in [-0.3, -0.25) is 4.79 Å². The molecule has 0 radical (unpaired) electrons. The third kappa shape index (κ3) is 3.53. The molecule has 1 unspecified atom stereocenters. The Morgan fingerprint density at radius 3 is 3.00 bits per heavy atom. The molecule has 5 rings (SSSR count). The van der Waals surface area contributed by atoms with Crippen molar-refractivity contribution in [3.8, 4) is 5.75 Å². The fourth-order valence-corrected chi connectivity index (χ4v) is 5.99. The Kier molecular flexibility index (Phi) is 5.06. The lowest BCUT2D eigenvalue weighted by atomic mass is 9.93. The summed E-state index contributed by atoms with van der Waals surface area (Å²) in [5, 5.41) is 4.35. The van der Waals surface area contributed by atoms with E-state index >= 15 is 0 Å². The number of nitrogens with one attached hydrogen (secondary N) is 2. The molecule has 1 aliphatic carbocycles. The SMILES string of the molecule is CCO[N+](=O)C1CCc2c(sc3ncnc(Nc4cc5sc(=O)[nH]c5cc4OC)c23)C1. The van der Waals surface area contributed by atoms with Crippen molar-refractivity contribution in [2.45, 2.75) is 32.2 Å². The first kappa shape index (κ1) is 19.9. The van der Waals surface area contributed by atoms with Gasteiger partial charge in [-0.25, -0.2) is 14.8 Å². The number of aromatic nitrogens is 3. The maximum absolute atomic E-state index is 12.1. The largest absolute Gasteiger partial charge is 0.494 e. The molecule has 31 heavy (non-hydrogen) atoms. The van der Waals surface area contributed by atoms with Crippen molar-refractivity contribution < 1.29 is 14.5 Å². The molecular formula is C20H20N5O4S2+. The molecule has 4 aromatic rings. The highest BCUT2D eigenvalue weighted by molar-refractivity contribution is 7.19. The fraction of sp³-hybridized carbons (Fsp3) is 0.350. The Labute approximate surface area is 184 Å². The summed E-state index contributed by atoms with van der Waals surface area (Å²) >= 11 is 2.74. The zero-order valence-electron chi connectivity index (χ0n) is 16.9. The van der Waals surface area contributed by atoms with E-state index in [4.69, 9.17) is 9.57 Å². The highest BCUT2D eigenvalue weighted by Gasteiger charge is 2.35. The molecule has 3 aromatic heterocycles. The second-order valence-electron chi connectivity index (χ2n) is 7.19. The van der Waals surface area contributed by atoms with Gasteiger partial charge in [0.25, 0.3) is 6.04 Å². The van der Waals surface area contributed by atoms with Crippen LogP contribution in [0.4, 0.5) is 11.5 Å². The second kappa shape index (κ2) is 7.89. The van der Waals surface area contributed by atoms with E-state index in [0.717, 1.165) is 53.7 Å². The van der Waals surface area contributed by atoms with Crippen molar-refractivity contribution in [2.24, 2.45) is 0 Å². The van der Waals surface area contributed by atoms with Gasteiger partial charge in [0.2, 0.25) is 4.92 Å². The van der Waals surface area contributed by atoms with E-state index in [1.165, 1.54) is 11.9 Å². The zero-order chi connectivity index (χ0) is 21.5. The van der Waals surface area contributed by atoms with Crippen molar-refractivity contribution in [3.05, 3.63) is 43.5 Å². The number of aromatic amines is 1. The van der Waals surface area contributed by atoms with Gasteiger partial charge in [-0.1, -0.05) is 11.3 Å². The first-order valence-electron chi connectivity index (χ1n) is 9.89. The number of hydrogen-bond donors (Lipinski definition) is 2. The van der Waals surface area contributed by atoms with Crippen LogP contribution in [-0.2, 0) is 17.7 Å². The minimum absolute atomic E-state index is 0.112. The van der Waals surface area contributed by atoms with Gasteiger partial charge < -0.3 is 15.0 Å². The predicted molar refractivity (Wildman–Crippen MR) is 121 cm³/mol. The number of H-pyrrole nitrogens is 1. The zero-order valence-corrected chi connectivity index (χ0v) is 18.6. The van der Waals surface area contributed by atoms with Crippen LogP contribution in [0.5, 0.6) is 5.75 Å². The highest BCUT2D eigenvalue weighted by Crippen LogP contribution is 2.41. The molecule has 0 spiro atoms. The first-order chi connectivity index (χ1) is 15.1. The van der Waals surface area contributed by atoms with E-state index in [2.05, 4.69) is 20.3 Å². The maximum atomic E-state index is 12.1. The van der Waals surface area contributed by atoms with E-state index in [0.29, 0.717) is 31.0 Å².